The zero-order valence-corrected chi connectivity index (χ0v) is 16.4. The van der Waals surface area contributed by atoms with E-state index in [0.717, 1.165) is 6.42 Å². The zero-order chi connectivity index (χ0) is 18.7. The topological polar surface area (TPSA) is 96.1 Å². The first kappa shape index (κ1) is 21.5. The number of aliphatic hydroxyl groups is 1. The number of ether oxygens (including phenoxy) is 1. The minimum Gasteiger partial charge on any atom is -0.441 e. The lowest BCUT2D eigenvalue weighted by atomic mass is 9.90. The predicted molar refractivity (Wildman–Crippen MR) is 104 cm³/mol. The van der Waals surface area contributed by atoms with Gasteiger partial charge in [0.1, 0.15) is 11.6 Å². The summed E-state index contributed by atoms with van der Waals surface area (Å²) in [6.07, 6.45) is 0.829. The molecule has 3 N–H and O–H groups in total. The summed E-state index contributed by atoms with van der Waals surface area (Å²) in [7, 11) is 0. The Morgan fingerprint density at radius 2 is 1.93 bits per heavy atom. The van der Waals surface area contributed by atoms with Crippen LogP contribution in [0.1, 0.15) is 25.3 Å². The summed E-state index contributed by atoms with van der Waals surface area (Å²) in [4.78, 5) is 27.9. The number of amides is 2. The van der Waals surface area contributed by atoms with Crippen molar-refractivity contribution < 1.29 is 19.4 Å². The molecule has 0 saturated carbocycles. The normalized spacial score (nSPS) is 20.8. The van der Waals surface area contributed by atoms with E-state index in [1.165, 1.54) is 12.5 Å². The number of nitrogens with two attached hydrogens (primary N) is 1. The van der Waals surface area contributed by atoms with Crippen molar-refractivity contribution in [3.8, 4) is 0 Å². The predicted octanol–water partition coefficient (Wildman–Crippen LogP) is 1.17. The van der Waals surface area contributed by atoms with Crippen molar-refractivity contribution >= 4 is 24.4 Å². The molecule has 2 atom stereocenters. The molecule has 2 aliphatic rings. The average Bonchev–Trinajstić information content (AvgIpc) is 2.95. The Morgan fingerprint density at radius 1 is 1.30 bits per heavy atom. The molecule has 2 aliphatic heterocycles. The van der Waals surface area contributed by atoms with E-state index in [2.05, 4.69) is 0 Å². The number of carbonyl (C=O) groups is 2. The van der Waals surface area contributed by atoms with Gasteiger partial charge in [-0.1, -0.05) is 30.3 Å². The zero-order valence-electron chi connectivity index (χ0n) is 15.5. The number of aliphatic hydroxyl groups excluding tert-OH is 1. The summed E-state index contributed by atoms with van der Waals surface area (Å²) < 4.78 is 5.70. The van der Waals surface area contributed by atoms with Gasteiger partial charge in [0.15, 0.2) is 0 Å². The van der Waals surface area contributed by atoms with Gasteiger partial charge in [-0.2, -0.15) is 0 Å². The van der Waals surface area contributed by atoms with E-state index in [9.17, 15) is 14.7 Å². The van der Waals surface area contributed by atoms with Crippen molar-refractivity contribution in [2.75, 3.05) is 26.2 Å². The lowest BCUT2D eigenvalue weighted by Gasteiger charge is -2.38. The van der Waals surface area contributed by atoms with Gasteiger partial charge in [-0.05, 0) is 18.9 Å². The van der Waals surface area contributed by atoms with Gasteiger partial charge >= 0.3 is 6.09 Å². The molecule has 0 bridgehead atoms. The maximum absolute atomic E-state index is 12.3. The molecule has 3 rings (SSSR count). The van der Waals surface area contributed by atoms with E-state index < -0.39 is 17.7 Å². The van der Waals surface area contributed by atoms with Crippen molar-refractivity contribution in [3.05, 3.63) is 35.9 Å². The van der Waals surface area contributed by atoms with Crippen LogP contribution >= 0.6 is 12.4 Å². The molecule has 0 radical (unpaired) electrons. The highest BCUT2D eigenvalue weighted by atomic mass is 35.5. The summed E-state index contributed by atoms with van der Waals surface area (Å²) in [5.74, 6) is -0.250. The monoisotopic (exact) mass is 397 g/mol. The van der Waals surface area contributed by atoms with Crippen molar-refractivity contribution in [1.29, 1.82) is 0 Å². The number of rotatable bonds is 5. The van der Waals surface area contributed by atoms with Gasteiger partial charge < -0.3 is 25.4 Å². The van der Waals surface area contributed by atoms with Crippen molar-refractivity contribution in [1.82, 2.24) is 9.80 Å². The number of piperidine rings is 1. The van der Waals surface area contributed by atoms with Crippen LogP contribution in [-0.2, 0) is 16.0 Å². The van der Waals surface area contributed by atoms with Gasteiger partial charge in [0.25, 0.3) is 0 Å². The Balaban J connectivity index is 0.00000261. The van der Waals surface area contributed by atoms with Crippen LogP contribution in [0.3, 0.4) is 0 Å². The quantitative estimate of drug-likeness (QED) is 0.777. The fourth-order valence-corrected chi connectivity index (χ4v) is 3.59. The van der Waals surface area contributed by atoms with E-state index in [0.29, 0.717) is 39.0 Å². The summed E-state index contributed by atoms with van der Waals surface area (Å²) in [5.41, 5.74) is 6.41. The first-order valence-corrected chi connectivity index (χ1v) is 9.14. The molecular weight excluding hydrogens is 370 g/mol. The molecule has 1 aromatic carbocycles. The number of halogens is 1. The molecular formula is C19H28ClN3O4. The van der Waals surface area contributed by atoms with E-state index >= 15 is 0 Å². The van der Waals surface area contributed by atoms with Crippen LogP contribution in [0.5, 0.6) is 0 Å². The maximum atomic E-state index is 12.3. The molecule has 1 spiro atoms. The van der Waals surface area contributed by atoms with Gasteiger partial charge in [-0.25, -0.2) is 4.79 Å². The van der Waals surface area contributed by atoms with Crippen molar-refractivity contribution in [3.63, 3.8) is 0 Å². The third-order valence-corrected chi connectivity index (χ3v) is 5.35. The Bertz CT molecular complexity index is 648. The summed E-state index contributed by atoms with van der Waals surface area (Å²) in [5, 5.41) is 9.50. The second-order valence-corrected chi connectivity index (χ2v) is 7.30. The molecule has 2 heterocycles. The first-order chi connectivity index (χ1) is 12.4. The van der Waals surface area contributed by atoms with Gasteiger partial charge in [0, 0.05) is 32.5 Å². The highest BCUT2D eigenvalue weighted by Crippen LogP contribution is 2.33. The minimum absolute atomic E-state index is 0. The molecule has 2 saturated heterocycles. The van der Waals surface area contributed by atoms with Crippen molar-refractivity contribution in [2.24, 2.45) is 5.73 Å². The van der Waals surface area contributed by atoms with Crippen LogP contribution in [0, 0.1) is 0 Å². The Hall–Kier alpha value is -1.83. The van der Waals surface area contributed by atoms with Crippen LogP contribution in [0.4, 0.5) is 4.79 Å². The standard InChI is InChI=1S/C19H27N3O4.ClH/c1-14(23)16(20)17(24)21-11-8-19(9-12-21)13-22(18(25)26-19)10-7-15-5-3-2-4-6-15;/h2-6,14,16,23H,7-13,20H2,1H3;1H/t14-,16+;/m1./s1. The van der Waals surface area contributed by atoms with Crippen molar-refractivity contribution in [2.45, 2.75) is 43.9 Å². The fourth-order valence-electron chi connectivity index (χ4n) is 3.59. The molecule has 150 valence electrons. The van der Waals surface area contributed by atoms with Crippen LogP contribution in [0.25, 0.3) is 0 Å². The molecule has 0 unspecified atom stereocenters. The summed E-state index contributed by atoms with van der Waals surface area (Å²) >= 11 is 0. The second kappa shape index (κ2) is 8.91. The molecule has 8 heteroatoms. The maximum Gasteiger partial charge on any atom is 0.410 e. The Kier molecular flexibility index (Phi) is 7.08. The highest BCUT2D eigenvalue weighted by Gasteiger charge is 2.47. The molecule has 1 aromatic rings. The third kappa shape index (κ3) is 4.91. The number of hydrogen-bond acceptors (Lipinski definition) is 5. The Labute approximate surface area is 165 Å². The van der Waals surface area contributed by atoms with Gasteiger partial charge in [-0.3, -0.25) is 4.79 Å². The number of likely N-dealkylation sites (tertiary alicyclic amines) is 1. The molecule has 2 amide bonds. The Morgan fingerprint density at radius 3 is 2.52 bits per heavy atom. The number of carbonyl (C=O) groups excluding carboxylic acids is 2. The van der Waals surface area contributed by atoms with E-state index in [-0.39, 0.29) is 24.4 Å². The molecule has 2 fully saturated rings. The highest BCUT2D eigenvalue weighted by molar-refractivity contribution is 5.85. The van der Waals surface area contributed by atoms with E-state index in [1.54, 1.807) is 9.80 Å². The average molecular weight is 398 g/mol. The first-order valence-electron chi connectivity index (χ1n) is 9.14. The molecule has 7 nitrogen and oxygen atoms in total. The third-order valence-electron chi connectivity index (χ3n) is 5.35. The van der Waals surface area contributed by atoms with E-state index in [4.69, 9.17) is 10.5 Å². The SMILES string of the molecule is C[C@@H](O)[C@H](N)C(=O)N1CCC2(CC1)CN(CCc1ccccc1)C(=O)O2.Cl. The van der Waals surface area contributed by atoms with Crippen LogP contribution in [0.2, 0.25) is 0 Å². The lowest BCUT2D eigenvalue weighted by Crippen LogP contribution is -2.55. The van der Waals surface area contributed by atoms with Gasteiger partial charge in [0.2, 0.25) is 5.91 Å². The number of benzene rings is 1. The number of nitrogens with zero attached hydrogens (tertiary/aromatic N) is 2. The second-order valence-electron chi connectivity index (χ2n) is 7.30. The van der Waals surface area contributed by atoms with Gasteiger partial charge in [-0.15, -0.1) is 12.4 Å². The largest absolute Gasteiger partial charge is 0.441 e. The van der Waals surface area contributed by atoms with Crippen LogP contribution < -0.4 is 5.73 Å². The molecule has 0 aliphatic carbocycles. The number of hydrogen-bond donors (Lipinski definition) is 2. The lowest BCUT2D eigenvalue weighted by molar-refractivity contribution is -0.138. The van der Waals surface area contributed by atoms with E-state index in [1.807, 2.05) is 30.3 Å². The minimum atomic E-state index is -0.905. The summed E-state index contributed by atoms with van der Waals surface area (Å²) in [6, 6.07) is 9.14. The smallest absolute Gasteiger partial charge is 0.410 e. The molecule has 0 aromatic heterocycles. The van der Waals surface area contributed by atoms with Crippen LogP contribution in [-0.4, -0.2) is 70.8 Å². The van der Waals surface area contributed by atoms with Gasteiger partial charge in [0.05, 0.1) is 12.6 Å². The fraction of sp³-hybridized carbons (Fsp3) is 0.579. The molecule has 27 heavy (non-hydrogen) atoms. The summed E-state index contributed by atoms with van der Waals surface area (Å²) in [6.45, 7) is 3.67. The van der Waals surface area contributed by atoms with Crippen LogP contribution in [0.15, 0.2) is 30.3 Å².